The lowest BCUT2D eigenvalue weighted by atomic mass is 9.92. The van der Waals surface area contributed by atoms with Gasteiger partial charge in [-0.1, -0.05) is 61.9 Å². The van der Waals surface area contributed by atoms with Crippen molar-refractivity contribution in [1.82, 2.24) is 9.97 Å². The van der Waals surface area contributed by atoms with Gasteiger partial charge in [0, 0.05) is 19.1 Å². The third-order valence-electron chi connectivity index (χ3n) is 4.91. The van der Waals surface area contributed by atoms with E-state index in [0.29, 0.717) is 23.4 Å². The molecule has 1 N–H and O–H groups in total. The zero-order chi connectivity index (χ0) is 20.6. The SMILES string of the molecule is CCCCc1nc(COC)[nH]c(=O)c1Cc1cccc(-c2ccccc2)c1C#N. The molecule has 2 aromatic carbocycles. The van der Waals surface area contributed by atoms with Crippen LogP contribution in [0.15, 0.2) is 53.3 Å². The Morgan fingerprint density at radius 3 is 2.62 bits per heavy atom. The molecule has 0 radical (unpaired) electrons. The minimum atomic E-state index is -0.160. The lowest BCUT2D eigenvalue weighted by Gasteiger charge is -2.13. The Hall–Kier alpha value is -3.23. The summed E-state index contributed by atoms with van der Waals surface area (Å²) in [6.07, 6.45) is 3.07. The number of unbranched alkanes of at least 4 members (excludes halogenated alkanes) is 1. The molecule has 0 amide bonds. The molecular weight excluding hydrogens is 362 g/mol. The van der Waals surface area contributed by atoms with Gasteiger partial charge in [-0.2, -0.15) is 5.26 Å². The number of aromatic nitrogens is 2. The van der Waals surface area contributed by atoms with Crippen molar-refractivity contribution in [3.8, 4) is 17.2 Å². The van der Waals surface area contributed by atoms with Crippen LogP contribution < -0.4 is 5.56 Å². The maximum atomic E-state index is 12.8. The van der Waals surface area contributed by atoms with Crippen molar-refractivity contribution in [2.75, 3.05) is 7.11 Å². The van der Waals surface area contributed by atoms with Gasteiger partial charge < -0.3 is 9.72 Å². The number of hydrogen-bond acceptors (Lipinski definition) is 4. The van der Waals surface area contributed by atoms with Gasteiger partial charge in [0.25, 0.3) is 5.56 Å². The highest BCUT2D eigenvalue weighted by Crippen LogP contribution is 2.27. The van der Waals surface area contributed by atoms with E-state index in [0.717, 1.165) is 41.6 Å². The zero-order valence-electron chi connectivity index (χ0n) is 16.9. The number of nitriles is 1. The standard InChI is InChI=1S/C24H25N3O2/c1-3-4-13-22-20(24(28)27-23(26-22)16-29-2)14-18-11-8-12-19(21(18)15-25)17-9-6-5-7-10-17/h5-12H,3-4,13-14,16H2,1-2H3,(H,26,27,28). The van der Waals surface area contributed by atoms with Crippen LogP contribution in [-0.4, -0.2) is 17.1 Å². The molecule has 1 heterocycles. The van der Waals surface area contributed by atoms with Crippen LogP contribution in [0.4, 0.5) is 0 Å². The largest absolute Gasteiger partial charge is 0.377 e. The molecule has 0 saturated carbocycles. The van der Waals surface area contributed by atoms with Crippen molar-refractivity contribution in [2.45, 2.75) is 39.2 Å². The second kappa shape index (κ2) is 9.81. The summed E-state index contributed by atoms with van der Waals surface area (Å²) < 4.78 is 5.13. The molecule has 0 unspecified atom stereocenters. The number of methoxy groups -OCH3 is 1. The molecule has 5 nitrogen and oxygen atoms in total. The predicted molar refractivity (Wildman–Crippen MR) is 114 cm³/mol. The van der Waals surface area contributed by atoms with E-state index in [1.54, 1.807) is 7.11 Å². The summed E-state index contributed by atoms with van der Waals surface area (Å²) in [5.74, 6) is 0.533. The molecule has 0 fully saturated rings. The van der Waals surface area contributed by atoms with Gasteiger partial charge in [0.15, 0.2) is 0 Å². The summed E-state index contributed by atoms with van der Waals surface area (Å²) in [6.45, 7) is 2.38. The summed E-state index contributed by atoms with van der Waals surface area (Å²) in [4.78, 5) is 20.3. The molecule has 0 aliphatic heterocycles. The van der Waals surface area contributed by atoms with Gasteiger partial charge in [-0.25, -0.2) is 4.98 Å². The van der Waals surface area contributed by atoms with Crippen molar-refractivity contribution in [3.05, 3.63) is 87.1 Å². The fourth-order valence-corrected chi connectivity index (χ4v) is 3.46. The van der Waals surface area contributed by atoms with Gasteiger partial charge in [-0.3, -0.25) is 4.79 Å². The van der Waals surface area contributed by atoms with Crippen molar-refractivity contribution < 1.29 is 4.74 Å². The van der Waals surface area contributed by atoms with Crippen LogP contribution in [0.3, 0.4) is 0 Å². The monoisotopic (exact) mass is 387 g/mol. The maximum Gasteiger partial charge on any atom is 0.254 e. The summed E-state index contributed by atoms with van der Waals surface area (Å²) in [5.41, 5.74) is 4.54. The third kappa shape index (κ3) is 4.79. The molecule has 29 heavy (non-hydrogen) atoms. The van der Waals surface area contributed by atoms with Gasteiger partial charge in [-0.15, -0.1) is 0 Å². The van der Waals surface area contributed by atoms with E-state index in [4.69, 9.17) is 4.74 Å². The van der Waals surface area contributed by atoms with Crippen LogP contribution in [0.25, 0.3) is 11.1 Å². The molecule has 0 spiro atoms. The predicted octanol–water partition coefficient (Wildman–Crippen LogP) is 4.39. The Kier molecular flexibility index (Phi) is 6.94. The van der Waals surface area contributed by atoms with Gasteiger partial charge in [0.05, 0.1) is 11.3 Å². The number of rotatable bonds is 8. The van der Waals surface area contributed by atoms with E-state index in [2.05, 4.69) is 23.0 Å². The van der Waals surface area contributed by atoms with Crippen LogP contribution in [0.5, 0.6) is 0 Å². The highest BCUT2D eigenvalue weighted by Gasteiger charge is 2.16. The van der Waals surface area contributed by atoms with Crippen molar-refractivity contribution in [3.63, 3.8) is 0 Å². The van der Waals surface area contributed by atoms with Crippen LogP contribution in [0, 0.1) is 11.3 Å². The molecule has 5 heteroatoms. The molecule has 0 atom stereocenters. The highest BCUT2D eigenvalue weighted by molar-refractivity contribution is 5.72. The van der Waals surface area contributed by atoms with E-state index in [1.807, 2.05) is 48.5 Å². The molecule has 1 aromatic heterocycles. The minimum absolute atomic E-state index is 0.160. The van der Waals surface area contributed by atoms with E-state index in [-0.39, 0.29) is 12.2 Å². The third-order valence-corrected chi connectivity index (χ3v) is 4.91. The topological polar surface area (TPSA) is 78.8 Å². The molecule has 3 aromatic rings. The van der Waals surface area contributed by atoms with Gasteiger partial charge in [0.2, 0.25) is 0 Å². The summed E-state index contributed by atoms with van der Waals surface area (Å²) in [6, 6.07) is 18.0. The highest BCUT2D eigenvalue weighted by atomic mass is 16.5. The molecule has 0 bridgehead atoms. The summed E-state index contributed by atoms with van der Waals surface area (Å²) >= 11 is 0. The van der Waals surface area contributed by atoms with E-state index >= 15 is 0 Å². The molecule has 0 aliphatic rings. The number of benzene rings is 2. The number of ether oxygens (including phenoxy) is 1. The number of hydrogen-bond donors (Lipinski definition) is 1. The Morgan fingerprint density at radius 1 is 1.14 bits per heavy atom. The second-order valence-electron chi connectivity index (χ2n) is 6.97. The first-order valence-electron chi connectivity index (χ1n) is 9.85. The average Bonchev–Trinajstić information content (AvgIpc) is 2.75. The Balaban J connectivity index is 2.06. The first kappa shape index (κ1) is 20.5. The second-order valence-corrected chi connectivity index (χ2v) is 6.97. The Morgan fingerprint density at radius 2 is 1.93 bits per heavy atom. The fourth-order valence-electron chi connectivity index (χ4n) is 3.46. The Bertz CT molecular complexity index is 1070. The summed E-state index contributed by atoms with van der Waals surface area (Å²) in [7, 11) is 1.58. The number of nitrogens with one attached hydrogen (secondary N) is 1. The van der Waals surface area contributed by atoms with Crippen molar-refractivity contribution in [1.29, 1.82) is 5.26 Å². The maximum absolute atomic E-state index is 12.8. The van der Waals surface area contributed by atoms with Crippen LogP contribution in [0.1, 0.15) is 48.0 Å². The zero-order valence-corrected chi connectivity index (χ0v) is 16.9. The number of aromatic amines is 1. The number of H-pyrrole nitrogens is 1. The summed E-state index contributed by atoms with van der Waals surface area (Å²) in [5, 5.41) is 9.86. The van der Waals surface area contributed by atoms with Gasteiger partial charge in [-0.05, 0) is 29.5 Å². The van der Waals surface area contributed by atoms with Crippen LogP contribution in [-0.2, 0) is 24.2 Å². The van der Waals surface area contributed by atoms with Gasteiger partial charge in [0.1, 0.15) is 18.5 Å². The minimum Gasteiger partial charge on any atom is -0.377 e. The van der Waals surface area contributed by atoms with Gasteiger partial charge >= 0.3 is 0 Å². The fraction of sp³-hybridized carbons (Fsp3) is 0.292. The van der Waals surface area contributed by atoms with Crippen LogP contribution >= 0.6 is 0 Å². The molecule has 3 rings (SSSR count). The lowest BCUT2D eigenvalue weighted by molar-refractivity contribution is 0.177. The first-order chi connectivity index (χ1) is 14.2. The number of nitrogens with zero attached hydrogens (tertiary/aromatic N) is 2. The molecule has 0 saturated heterocycles. The number of aryl methyl sites for hydroxylation is 1. The quantitative estimate of drug-likeness (QED) is 0.622. The Labute approximate surface area is 171 Å². The first-order valence-corrected chi connectivity index (χ1v) is 9.85. The lowest BCUT2D eigenvalue weighted by Crippen LogP contribution is -2.21. The van der Waals surface area contributed by atoms with Crippen molar-refractivity contribution in [2.24, 2.45) is 0 Å². The van der Waals surface area contributed by atoms with Crippen LogP contribution in [0.2, 0.25) is 0 Å². The van der Waals surface area contributed by atoms with E-state index in [9.17, 15) is 10.1 Å². The molecule has 148 valence electrons. The van der Waals surface area contributed by atoms with E-state index in [1.165, 1.54) is 0 Å². The normalized spacial score (nSPS) is 10.7. The van der Waals surface area contributed by atoms with Crippen molar-refractivity contribution >= 4 is 0 Å². The molecule has 0 aliphatic carbocycles. The molecular formula is C24H25N3O2. The average molecular weight is 387 g/mol. The smallest absolute Gasteiger partial charge is 0.254 e. The van der Waals surface area contributed by atoms with E-state index < -0.39 is 0 Å².